The Bertz CT molecular complexity index is 546. The van der Waals surface area contributed by atoms with Crippen molar-refractivity contribution in [3.63, 3.8) is 0 Å². The van der Waals surface area contributed by atoms with Gasteiger partial charge in [0.2, 0.25) is 0 Å². The van der Waals surface area contributed by atoms with E-state index < -0.39 is 6.09 Å². The van der Waals surface area contributed by atoms with E-state index in [4.69, 9.17) is 15.2 Å². The first-order chi connectivity index (χ1) is 11.5. The first-order valence-electron chi connectivity index (χ1n) is 8.09. The highest BCUT2D eigenvalue weighted by Gasteiger charge is 2.14. The highest BCUT2D eigenvalue weighted by atomic mass is 16.5. The third-order valence-electron chi connectivity index (χ3n) is 3.21. The molecule has 0 saturated carbocycles. The topological polar surface area (TPSA) is 98.0 Å². The first-order valence-corrected chi connectivity index (χ1v) is 8.09. The number of carbonyl (C=O) groups excluding carboxylic acids is 1. The van der Waals surface area contributed by atoms with Gasteiger partial charge in [0, 0.05) is 0 Å². The van der Waals surface area contributed by atoms with Gasteiger partial charge in [0.05, 0.1) is 32.0 Å². The van der Waals surface area contributed by atoms with Crippen molar-refractivity contribution in [2.45, 2.75) is 33.2 Å². The maximum absolute atomic E-state index is 11.6. The van der Waals surface area contributed by atoms with Gasteiger partial charge in [0.15, 0.2) is 5.96 Å². The molecule has 0 fully saturated rings. The van der Waals surface area contributed by atoms with Crippen LogP contribution in [0, 0.1) is 5.92 Å². The molecule has 1 atom stereocenters. The maximum Gasteiger partial charge on any atom is 0.407 e. The van der Waals surface area contributed by atoms with Gasteiger partial charge in [-0.1, -0.05) is 26.0 Å². The minimum absolute atomic E-state index is 0.137. The molecular weight excluding hydrogens is 308 g/mol. The SMILES string of the molecule is CCOC(=O)NC(CN=C(N)Nc1ccccc1OC)CC(C)C. The molecule has 0 aliphatic heterocycles. The van der Waals surface area contributed by atoms with E-state index in [2.05, 4.69) is 29.5 Å². The average molecular weight is 336 g/mol. The van der Waals surface area contributed by atoms with Gasteiger partial charge in [-0.2, -0.15) is 0 Å². The number of carbonyl (C=O) groups is 1. The number of nitrogens with one attached hydrogen (secondary N) is 2. The minimum Gasteiger partial charge on any atom is -0.495 e. The van der Waals surface area contributed by atoms with Crippen molar-refractivity contribution in [2.24, 2.45) is 16.6 Å². The molecule has 0 saturated heterocycles. The number of hydrogen-bond donors (Lipinski definition) is 3. The molecule has 1 amide bonds. The number of ether oxygens (including phenoxy) is 2. The number of para-hydroxylation sites is 2. The Morgan fingerprint density at radius 1 is 1.33 bits per heavy atom. The van der Waals surface area contributed by atoms with Gasteiger partial charge in [-0.15, -0.1) is 0 Å². The summed E-state index contributed by atoms with van der Waals surface area (Å²) in [6, 6.07) is 7.30. The molecule has 0 bridgehead atoms. The zero-order valence-corrected chi connectivity index (χ0v) is 14.8. The largest absolute Gasteiger partial charge is 0.495 e. The quantitative estimate of drug-likeness (QED) is 0.501. The van der Waals surface area contributed by atoms with Gasteiger partial charge in [0.1, 0.15) is 5.75 Å². The van der Waals surface area contributed by atoms with Crippen LogP contribution < -0.4 is 21.1 Å². The first kappa shape index (κ1) is 19.6. The van der Waals surface area contributed by atoms with Crippen LogP contribution in [0.25, 0.3) is 0 Å². The second-order valence-corrected chi connectivity index (χ2v) is 5.74. The lowest BCUT2D eigenvalue weighted by Gasteiger charge is -2.19. The van der Waals surface area contributed by atoms with Gasteiger partial charge >= 0.3 is 6.09 Å². The average Bonchev–Trinajstić information content (AvgIpc) is 2.53. The zero-order valence-electron chi connectivity index (χ0n) is 14.8. The number of alkyl carbamates (subject to hydrolysis) is 1. The van der Waals surface area contributed by atoms with Crippen LogP contribution in [0.2, 0.25) is 0 Å². The molecule has 0 spiro atoms. The molecule has 0 aliphatic rings. The molecule has 134 valence electrons. The summed E-state index contributed by atoms with van der Waals surface area (Å²) in [5.74, 6) is 1.36. The Hall–Kier alpha value is -2.44. The minimum atomic E-state index is -0.436. The highest BCUT2D eigenvalue weighted by Crippen LogP contribution is 2.22. The summed E-state index contributed by atoms with van der Waals surface area (Å²) >= 11 is 0. The molecule has 0 aromatic heterocycles. The Kier molecular flexibility index (Phi) is 8.46. The monoisotopic (exact) mass is 336 g/mol. The number of methoxy groups -OCH3 is 1. The van der Waals surface area contributed by atoms with E-state index in [1.54, 1.807) is 14.0 Å². The second-order valence-electron chi connectivity index (χ2n) is 5.74. The van der Waals surface area contributed by atoms with Crippen LogP contribution >= 0.6 is 0 Å². The molecule has 0 heterocycles. The maximum atomic E-state index is 11.6. The van der Waals surface area contributed by atoms with Crippen LogP contribution in [-0.4, -0.2) is 38.4 Å². The summed E-state index contributed by atoms with van der Waals surface area (Å²) in [5.41, 5.74) is 6.67. The van der Waals surface area contributed by atoms with Gasteiger partial charge < -0.3 is 25.8 Å². The molecule has 1 aromatic rings. The third kappa shape index (κ3) is 7.21. The zero-order chi connectivity index (χ0) is 17.9. The summed E-state index contributed by atoms with van der Waals surface area (Å²) in [4.78, 5) is 15.9. The molecule has 0 aliphatic carbocycles. The Labute approximate surface area is 143 Å². The predicted octanol–water partition coefficient (Wildman–Crippen LogP) is 2.58. The molecule has 1 unspecified atom stereocenters. The van der Waals surface area contributed by atoms with Crippen LogP contribution in [0.5, 0.6) is 5.75 Å². The molecule has 4 N–H and O–H groups in total. The van der Waals surface area contributed by atoms with Crippen LogP contribution in [-0.2, 0) is 4.74 Å². The normalized spacial score (nSPS) is 12.6. The number of guanidine groups is 1. The number of nitrogens with two attached hydrogens (primary N) is 1. The molecule has 0 radical (unpaired) electrons. The molecule has 1 rings (SSSR count). The fraction of sp³-hybridized carbons (Fsp3) is 0.529. The van der Waals surface area contributed by atoms with E-state index in [-0.39, 0.29) is 12.0 Å². The van der Waals surface area contributed by atoms with Crippen molar-refractivity contribution in [1.29, 1.82) is 0 Å². The van der Waals surface area contributed by atoms with E-state index in [1.807, 2.05) is 24.3 Å². The number of amides is 1. The fourth-order valence-corrected chi connectivity index (χ4v) is 2.22. The van der Waals surface area contributed by atoms with Crippen LogP contribution in [0.4, 0.5) is 10.5 Å². The lowest BCUT2D eigenvalue weighted by molar-refractivity contribution is 0.147. The van der Waals surface area contributed by atoms with Crippen molar-refractivity contribution in [3.8, 4) is 5.75 Å². The van der Waals surface area contributed by atoms with Gasteiger partial charge in [0.25, 0.3) is 0 Å². The molecule has 7 heteroatoms. The van der Waals surface area contributed by atoms with Gasteiger partial charge in [-0.05, 0) is 31.4 Å². The number of nitrogens with zero attached hydrogens (tertiary/aromatic N) is 1. The van der Waals surface area contributed by atoms with Crippen LogP contribution in [0.1, 0.15) is 27.2 Å². The van der Waals surface area contributed by atoms with Gasteiger partial charge in [-0.25, -0.2) is 4.79 Å². The van der Waals surface area contributed by atoms with Crippen molar-refractivity contribution in [2.75, 3.05) is 25.6 Å². The van der Waals surface area contributed by atoms with Crippen LogP contribution in [0.15, 0.2) is 29.3 Å². The van der Waals surface area contributed by atoms with Crippen LogP contribution in [0.3, 0.4) is 0 Å². The third-order valence-corrected chi connectivity index (χ3v) is 3.21. The number of hydrogen-bond acceptors (Lipinski definition) is 4. The molecule has 7 nitrogen and oxygen atoms in total. The number of aliphatic imine (C=N–C) groups is 1. The van der Waals surface area contributed by atoms with E-state index in [9.17, 15) is 4.79 Å². The predicted molar refractivity (Wildman–Crippen MR) is 96.5 cm³/mol. The Balaban J connectivity index is 2.68. The number of benzene rings is 1. The Morgan fingerprint density at radius 3 is 2.67 bits per heavy atom. The standard InChI is InChI=1S/C17H28N4O3/c1-5-24-17(22)20-13(10-12(2)3)11-19-16(18)21-14-8-6-7-9-15(14)23-4/h6-9,12-13H,5,10-11H2,1-4H3,(H,20,22)(H3,18,19,21). The summed E-state index contributed by atoms with van der Waals surface area (Å²) in [6.07, 6.45) is 0.346. The molecule has 24 heavy (non-hydrogen) atoms. The molecular formula is C17H28N4O3. The van der Waals surface area contributed by atoms with E-state index in [1.165, 1.54) is 0 Å². The Morgan fingerprint density at radius 2 is 2.04 bits per heavy atom. The fourth-order valence-electron chi connectivity index (χ4n) is 2.22. The van der Waals surface area contributed by atoms with Crippen molar-refractivity contribution < 1.29 is 14.3 Å². The smallest absolute Gasteiger partial charge is 0.407 e. The van der Waals surface area contributed by atoms with Crippen molar-refractivity contribution in [1.82, 2.24) is 5.32 Å². The summed E-state index contributed by atoms with van der Waals surface area (Å²) < 4.78 is 10.2. The number of anilines is 1. The van der Waals surface area contributed by atoms with Crippen molar-refractivity contribution in [3.05, 3.63) is 24.3 Å². The molecule has 1 aromatic carbocycles. The second kappa shape index (κ2) is 10.4. The summed E-state index contributed by atoms with van der Waals surface area (Å²) in [6.45, 7) is 6.64. The van der Waals surface area contributed by atoms with E-state index >= 15 is 0 Å². The van der Waals surface area contributed by atoms with Gasteiger partial charge in [-0.3, -0.25) is 4.99 Å². The van der Waals surface area contributed by atoms with Crippen molar-refractivity contribution >= 4 is 17.7 Å². The highest BCUT2D eigenvalue weighted by molar-refractivity contribution is 5.93. The van der Waals surface area contributed by atoms with E-state index in [0.717, 1.165) is 12.1 Å². The summed E-state index contributed by atoms with van der Waals surface area (Å²) in [7, 11) is 1.59. The summed E-state index contributed by atoms with van der Waals surface area (Å²) in [5, 5.41) is 5.82. The van der Waals surface area contributed by atoms with E-state index in [0.29, 0.717) is 24.8 Å². The lowest BCUT2D eigenvalue weighted by Crippen LogP contribution is -2.39. The lowest BCUT2D eigenvalue weighted by atomic mass is 10.0. The number of rotatable bonds is 8.